The van der Waals surface area contributed by atoms with Gasteiger partial charge in [0.15, 0.2) is 5.43 Å². The number of ether oxygens (including phenoxy) is 1. The predicted molar refractivity (Wildman–Crippen MR) is 266 cm³/mol. The van der Waals surface area contributed by atoms with Crippen molar-refractivity contribution in [3.8, 4) is 39.7 Å². The van der Waals surface area contributed by atoms with Crippen molar-refractivity contribution in [3.63, 3.8) is 0 Å². The Bertz CT molecular complexity index is 3770. The molecule has 0 radical (unpaired) electrons. The maximum Gasteiger partial charge on any atom is 0.337 e. The summed E-state index contributed by atoms with van der Waals surface area (Å²) in [6.07, 6.45) is 0. The van der Waals surface area contributed by atoms with E-state index >= 15 is 0 Å². The maximum atomic E-state index is 13.7. The van der Waals surface area contributed by atoms with Crippen LogP contribution in [0.15, 0.2) is 124 Å². The summed E-state index contributed by atoms with van der Waals surface area (Å²) in [5.41, 5.74) is 1.73. The van der Waals surface area contributed by atoms with Gasteiger partial charge in [0.1, 0.15) is 28.6 Å². The highest BCUT2D eigenvalue weighted by Crippen LogP contribution is 2.45. The first-order chi connectivity index (χ1) is 33.9. The highest BCUT2D eigenvalue weighted by atomic mass is 35.5. The predicted octanol–water partition coefficient (Wildman–Crippen LogP) is 8.36. The summed E-state index contributed by atoms with van der Waals surface area (Å²) in [7, 11) is 3.75. The summed E-state index contributed by atoms with van der Waals surface area (Å²) in [6.45, 7) is 3.59. The van der Waals surface area contributed by atoms with Gasteiger partial charge in [0.2, 0.25) is 0 Å². The molecule has 2 amide bonds. The first-order valence-corrected chi connectivity index (χ1v) is 22.2. The number of carbonyl (C=O) groups is 5. The highest BCUT2D eigenvalue weighted by Gasteiger charge is 2.31. The third kappa shape index (κ3) is 8.75. The number of nitrogens with one attached hydrogen (secondary N) is 2. The van der Waals surface area contributed by atoms with Crippen molar-refractivity contribution in [3.05, 3.63) is 196 Å². The van der Waals surface area contributed by atoms with Crippen LogP contribution in [-0.2, 0) is 13.1 Å². The molecule has 6 N–H and O–H groups in total. The minimum absolute atomic E-state index is 0.00535. The van der Waals surface area contributed by atoms with Gasteiger partial charge in [-0.15, -0.1) is 0 Å². The van der Waals surface area contributed by atoms with Crippen molar-refractivity contribution in [2.24, 2.45) is 0 Å². The Morgan fingerprint density at radius 2 is 1.37 bits per heavy atom. The number of anilines is 1. The molecule has 6 aromatic carbocycles. The van der Waals surface area contributed by atoms with Crippen molar-refractivity contribution in [1.82, 2.24) is 10.6 Å². The third-order valence-corrected chi connectivity index (χ3v) is 12.7. The van der Waals surface area contributed by atoms with Crippen molar-refractivity contribution < 1.29 is 53.6 Å². The molecule has 0 unspecified atom stereocenters. The number of fused-ring (bicyclic) bond motifs is 4. The van der Waals surface area contributed by atoms with Crippen LogP contribution in [0.4, 0.5) is 5.69 Å². The fourth-order valence-corrected chi connectivity index (χ4v) is 9.15. The van der Waals surface area contributed by atoms with E-state index in [0.717, 1.165) is 11.8 Å². The minimum atomic E-state index is -1.42. The first kappa shape index (κ1) is 47.2. The van der Waals surface area contributed by atoms with E-state index in [-0.39, 0.29) is 90.3 Å². The number of benzene rings is 7. The molecule has 0 atom stereocenters. The quantitative estimate of drug-likeness (QED) is 0.0633. The molecule has 0 bridgehead atoms. The lowest BCUT2D eigenvalue weighted by Crippen LogP contribution is -2.27. The van der Waals surface area contributed by atoms with E-state index in [1.54, 1.807) is 36.4 Å². The lowest BCUT2D eigenvalue weighted by molar-refractivity contribution is 0.0682. The number of phenolic OH excluding ortho intramolecular Hbond substituents is 1. The van der Waals surface area contributed by atoms with Gasteiger partial charge in [0.25, 0.3) is 11.8 Å². The van der Waals surface area contributed by atoms with Crippen molar-refractivity contribution in [2.75, 3.05) is 19.0 Å². The number of phenols is 1. The molecule has 0 aromatic heterocycles. The number of amides is 2. The number of carboxylic acid groups (broad SMARTS) is 3. The van der Waals surface area contributed by atoms with E-state index in [1.165, 1.54) is 60.7 Å². The molecule has 71 heavy (non-hydrogen) atoms. The number of rotatable bonds is 12. The van der Waals surface area contributed by atoms with Crippen molar-refractivity contribution >= 4 is 81.7 Å². The molecule has 0 fully saturated rings. The smallest absolute Gasteiger partial charge is 0.337 e. The summed E-state index contributed by atoms with van der Waals surface area (Å²) >= 11 is 13.8. The van der Waals surface area contributed by atoms with Crippen molar-refractivity contribution in [2.45, 2.75) is 13.1 Å². The maximum absolute atomic E-state index is 13.7. The van der Waals surface area contributed by atoms with E-state index < -0.39 is 40.7 Å². The molecular formula is C54H37Cl2N3O12. The van der Waals surface area contributed by atoms with Crippen LogP contribution in [0.5, 0.6) is 17.2 Å². The Morgan fingerprint density at radius 3 is 2.07 bits per heavy atom. The number of aromatic carboxylic acids is 3. The molecule has 0 saturated carbocycles. The Balaban J connectivity index is 0.955. The topological polar surface area (TPSA) is 233 Å². The second kappa shape index (κ2) is 18.5. The Morgan fingerprint density at radius 1 is 0.662 bits per heavy atom. The van der Waals surface area contributed by atoms with Crippen LogP contribution in [0.3, 0.4) is 0 Å². The lowest BCUT2D eigenvalue weighted by Gasteiger charge is -2.25. The Hall–Kier alpha value is -8.92. The van der Waals surface area contributed by atoms with Crippen LogP contribution in [0.1, 0.15) is 74.0 Å². The Kier molecular flexibility index (Phi) is 12.3. The molecule has 2 aliphatic heterocycles. The summed E-state index contributed by atoms with van der Waals surface area (Å²) in [6, 6.07) is 28.6. The summed E-state index contributed by atoms with van der Waals surface area (Å²) in [4.78, 5) is 79.8. The van der Waals surface area contributed by atoms with E-state index in [4.69, 9.17) is 32.4 Å². The number of hydrogen-bond acceptors (Lipinski definition) is 10. The number of hydrogen-bond donors (Lipinski definition) is 6. The number of carbonyl (C=O) groups excluding carboxylic acids is 2. The van der Waals surface area contributed by atoms with E-state index in [9.17, 15) is 49.2 Å². The molecule has 6 aromatic rings. The zero-order valence-corrected chi connectivity index (χ0v) is 38.9. The van der Waals surface area contributed by atoms with Gasteiger partial charge in [-0.05, 0) is 89.1 Å². The number of nitrogens with zero attached hydrogens (tertiary/aromatic N) is 1. The first-order valence-electron chi connectivity index (χ1n) is 21.5. The van der Waals surface area contributed by atoms with Gasteiger partial charge < -0.3 is 45.1 Å². The molecule has 1 aliphatic carbocycles. The van der Waals surface area contributed by atoms with Gasteiger partial charge >= 0.3 is 17.9 Å². The van der Waals surface area contributed by atoms with Crippen LogP contribution >= 0.6 is 23.2 Å². The zero-order valence-electron chi connectivity index (χ0n) is 37.3. The van der Waals surface area contributed by atoms with Gasteiger partial charge in [-0.25, -0.2) is 14.4 Å². The summed E-state index contributed by atoms with van der Waals surface area (Å²) in [5, 5.41) is 47.3. The molecule has 15 nitrogen and oxygen atoms in total. The third-order valence-electron chi connectivity index (χ3n) is 12.0. The molecule has 9 rings (SSSR count). The van der Waals surface area contributed by atoms with Gasteiger partial charge in [0.05, 0.1) is 44.4 Å². The number of halogens is 2. The van der Waals surface area contributed by atoms with Crippen LogP contribution in [0.2, 0.25) is 10.0 Å². The molecule has 354 valence electrons. The van der Waals surface area contributed by atoms with E-state index in [2.05, 4.69) is 17.2 Å². The highest BCUT2D eigenvalue weighted by molar-refractivity contribution is 6.40. The second-order valence-corrected chi connectivity index (χ2v) is 17.5. The van der Waals surface area contributed by atoms with E-state index in [1.807, 2.05) is 31.1 Å². The summed E-state index contributed by atoms with van der Waals surface area (Å²) < 4.78 is 12.4. The molecule has 2 heterocycles. The largest absolute Gasteiger partial charge is 0.508 e. The van der Waals surface area contributed by atoms with Crippen LogP contribution in [0, 0.1) is 0 Å². The average molecular weight is 991 g/mol. The van der Waals surface area contributed by atoms with Gasteiger partial charge in [-0.2, -0.15) is 0 Å². The fourth-order valence-electron chi connectivity index (χ4n) is 8.54. The molecule has 17 heteroatoms. The summed E-state index contributed by atoms with van der Waals surface area (Å²) in [5.74, 6) is -4.79. The van der Waals surface area contributed by atoms with Gasteiger partial charge in [-0.3, -0.25) is 14.4 Å². The van der Waals surface area contributed by atoms with Crippen molar-refractivity contribution in [1.29, 1.82) is 0 Å². The number of aromatic hydroxyl groups is 1. The lowest BCUT2D eigenvalue weighted by atomic mass is 9.88. The normalized spacial score (nSPS) is 11.6. The average Bonchev–Trinajstić information content (AvgIpc) is 3.33. The number of carboxylic acids is 3. The van der Waals surface area contributed by atoms with Crippen LogP contribution < -0.4 is 36.1 Å². The monoisotopic (exact) mass is 989 g/mol. The Labute approximate surface area is 412 Å². The molecule has 0 spiro atoms. The molecule has 3 aliphatic rings. The second-order valence-electron chi connectivity index (χ2n) is 16.7. The zero-order chi connectivity index (χ0) is 50.6. The van der Waals surface area contributed by atoms with Gasteiger partial charge in [-0.1, -0.05) is 60.1 Å². The van der Waals surface area contributed by atoms with Gasteiger partial charge in [0, 0.05) is 82.5 Å². The SMILES string of the molecule is C=c1ccc2c(c1)Oc1cc(N(C)C)ccc1C=2c1c(Cl)cc(C(=O)NCc2ccc(C(=O)NCc3c4oc5cc(O)ccc5c(-c5ccc(C(=O)O)cc5C(=O)O)c-4ccc3=O)cc2)c(Cl)c1C(=O)O. The standard InChI is InChI=1S/C54H37Cl2N3O12/c1-25-4-12-33-41(18-25)70-42-20-29(59(2)3)10-14-34(42)45(33)46-39(55)22-37(48(56)47(46)54(68)69)51(63)57-23-26-5-7-27(8-6-26)50(62)58-24-38-40(61)17-16-35-44(32-15-11-30(60)21-43(32)71-49(35)38)31-13-9-28(52(64)65)19-36(31)53(66)67/h4-22,60H,1,23-24H2,2-3H3,(H,57,63)(H,58,62)(H,64,65)(H,66,67)(H,68,69). The molecular weight excluding hydrogens is 954 g/mol. The van der Waals surface area contributed by atoms with Crippen LogP contribution in [0.25, 0.3) is 45.6 Å². The van der Waals surface area contributed by atoms with E-state index in [0.29, 0.717) is 44.0 Å². The fraction of sp³-hybridized carbons (Fsp3) is 0.0741. The van der Waals surface area contributed by atoms with Crippen LogP contribution in [-0.4, -0.2) is 64.2 Å². The minimum Gasteiger partial charge on any atom is -0.508 e. The molecule has 0 saturated heterocycles.